The molecule has 3 aromatic rings. The summed E-state index contributed by atoms with van der Waals surface area (Å²) in [6.45, 7) is 0.0775. The molecule has 0 aliphatic rings. The van der Waals surface area contributed by atoms with E-state index in [-0.39, 0.29) is 23.6 Å². The van der Waals surface area contributed by atoms with Gasteiger partial charge in [-0.05, 0) is 42.0 Å². The van der Waals surface area contributed by atoms with Crippen LogP contribution in [0.2, 0.25) is 0 Å². The van der Waals surface area contributed by atoms with Gasteiger partial charge in [0.15, 0.2) is 0 Å². The Hall–Kier alpha value is -4.64. The number of nitriles is 1. The standard InChI is InChI=1S/C23H17N3O5/c24-14-18(23(28)25-19-8-10-21(27)11-9-19)13-17-5-1-2-7-22(17)31-15-16-4-3-6-20(12-16)26(29)30/h1-13,27H,15H2,(H,25,28)/b18-13+. The van der Waals surface area contributed by atoms with E-state index in [1.54, 1.807) is 36.4 Å². The van der Waals surface area contributed by atoms with E-state index >= 15 is 0 Å². The van der Waals surface area contributed by atoms with Crippen molar-refractivity contribution in [1.29, 1.82) is 5.26 Å². The molecule has 1 amide bonds. The molecule has 0 radical (unpaired) electrons. The number of carbonyl (C=O) groups is 1. The summed E-state index contributed by atoms with van der Waals surface area (Å²) in [5.41, 5.74) is 1.37. The van der Waals surface area contributed by atoms with Crippen LogP contribution in [0, 0.1) is 21.4 Å². The highest BCUT2D eigenvalue weighted by Gasteiger charge is 2.12. The van der Waals surface area contributed by atoms with Gasteiger partial charge in [-0.3, -0.25) is 14.9 Å². The number of amides is 1. The largest absolute Gasteiger partial charge is 0.508 e. The quantitative estimate of drug-likeness (QED) is 0.193. The fraction of sp³-hybridized carbons (Fsp3) is 0.0435. The van der Waals surface area contributed by atoms with E-state index in [1.165, 1.54) is 42.5 Å². The number of phenolic OH excluding ortho intramolecular Hbond substituents is 1. The van der Waals surface area contributed by atoms with Crippen LogP contribution in [0.4, 0.5) is 11.4 Å². The number of benzene rings is 3. The van der Waals surface area contributed by atoms with Crippen molar-refractivity contribution in [3.05, 3.63) is 99.6 Å². The van der Waals surface area contributed by atoms with Gasteiger partial charge in [0, 0.05) is 23.4 Å². The highest BCUT2D eigenvalue weighted by Crippen LogP contribution is 2.24. The number of ether oxygens (including phenoxy) is 1. The van der Waals surface area contributed by atoms with E-state index in [9.17, 15) is 25.3 Å². The summed E-state index contributed by atoms with van der Waals surface area (Å²) in [4.78, 5) is 22.9. The average Bonchev–Trinajstić information content (AvgIpc) is 2.78. The van der Waals surface area contributed by atoms with Crippen molar-refractivity contribution in [2.45, 2.75) is 6.61 Å². The summed E-state index contributed by atoms with van der Waals surface area (Å²) in [6, 6.07) is 20.7. The summed E-state index contributed by atoms with van der Waals surface area (Å²) >= 11 is 0. The molecule has 0 saturated heterocycles. The number of nitrogens with zero attached hydrogens (tertiary/aromatic N) is 2. The number of hydrogen-bond acceptors (Lipinski definition) is 6. The van der Waals surface area contributed by atoms with E-state index in [1.807, 2.05) is 6.07 Å². The molecule has 2 N–H and O–H groups in total. The molecular weight excluding hydrogens is 398 g/mol. The molecule has 0 fully saturated rings. The Kier molecular flexibility index (Phi) is 6.60. The number of hydrogen-bond donors (Lipinski definition) is 2. The van der Waals surface area contributed by atoms with Crippen molar-refractivity contribution < 1.29 is 19.6 Å². The molecule has 0 spiro atoms. The number of rotatable bonds is 7. The number of para-hydroxylation sites is 1. The molecule has 3 aromatic carbocycles. The smallest absolute Gasteiger partial charge is 0.269 e. The lowest BCUT2D eigenvalue weighted by molar-refractivity contribution is -0.384. The van der Waals surface area contributed by atoms with Gasteiger partial charge in [-0.1, -0.05) is 30.3 Å². The highest BCUT2D eigenvalue weighted by molar-refractivity contribution is 6.09. The molecular formula is C23H17N3O5. The molecule has 0 aromatic heterocycles. The summed E-state index contributed by atoms with van der Waals surface area (Å²) in [5, 5.41) is 32.3. The molecule has 0 heterocycles. The lowest BCUT2D eigenvalue weighted by Crippen LogP contribution is -2.13. The van der Waals surface area contributed by atoms with E-state index in [4.69, 9.17) is 4.74 Å². The number of aromatic hydroxyl groups is 1. The predicted molar refractivity (Wildman–Crippen MR) is 114 cm³/mol. The molecule has 31 heavy (non-hydrogen) atoms. The maximum absolute atomic E-state index is 12.5. The first-order valence-corrected chi connectivity index (χ1v) is 9.13. The lowest BCUT2D eigenvalue weighted by atomic mass is 10.1. The number of nitro groups is 1. The maximum atomic E-state index is 12.5. The fourth-order valence-electron chi connectivity index (χ4n) is 2.70. The number of nitro benzene ring substituents is 1. The Morgan fingerprint density at radius 1 is 1.13 bits per heavy atom. The van der Waals surface area contributed by atoms with Crippen molar-refractivity contribution in [2.24, 2.45) is 0 Å². The predicted octanol–water partition coefficient (Wildman–Crippen LogP) is 4.43. The molecule has 3 rings (SSSR count). The fourth-order valence-corrected chi connectivity index (χ4v) is 2.70. The van der Waals surface area contributed by atoms with E-state index in [0.29, 0.717) is 22.6 Å². The van der Waals surface area contributed by atoms with Gasteiger partial charge < -0.3 is 15.2 Å². The lowest BCUT2D eigenvalue weighted by Gasteiger charge is -2.10. The van der Waals surface area contributed by atoms with E-state index in [0.717, 1.165) is 0 Å². The van der Waals surface area contributed by atoms with Crippen LogP contribution in [0.1, 0.15) is 11.1 Å². The molecule has 8 nitrogen and oxygen atoms in total. The number of non-ortho nitro benzene ring substituents is 1. The first-order chi connectivity index (χ1) is 15.0. The second-order valence-corrected chi connectivity index (χ2v) is 6.42. The summed E-state index contributed by atoms with van der Waals surface area (Å²) in [5.74, 6) is -0.135. The summed E-state index contributed by atoms with van der Waals surface area (Å²) in [7, 11) is 0. The Bertz CT molecular complexity index is 1180. The first kappa shape index (κ1) is 21.1. The van der Waals surface area contributed by atoms with Gasteiger partial charge in [-0.15, -0.1) is 0 Å². The van der Waals surface area contributed by atoms with Gasteiger partial charge in [0.25, 0.3) is 11.6 Å². The number of nitrogens with one attached hydrogen (secondary N) is 1. The molecule has 0 saturated carbocycles. The summed E-state index contributed by atoms with van der Waals surface area (Å²) < 4.78 is 5.78. The minimum absolute atomic E-state index is 0.0352. The van der Waals surface area contributed by atoms with Gasteiger partial charge in [0.1, 0.15) is 29.7 Å². The van der Waals surface area contributed by atoms with Gasteiger partial charge in [-0.2, -0.15) is 5.26 Å². The van der Waals surface area contributed by atoms with Crippen LogP contribution >= 0.6 is 0 Å². The monoisotopic (exact) mass is 415 g/mol. The molecule has 0 atom stereocenters. The van der Waals surface area contributed by atoms with Gasteiger partial charge in [0.2, 0.25) is 0 Å². The molecule has 0 aliphatic heterocycles. The topological polar surface area (TPSA) is 125 Å². The van der Waals surface area contributed by atoms with E-state index < -0.39 is 10.8 Å². The number of phenols is 1. The summed E-state index contributed by atoms with van der Waals surface area (Å²) in [6.07, 6.45) is 1.40. The SMILES string of the molecule is N#C/C(=C\c1ccccc1OCc1cccc([N+](=O)[O-])c1)C(=O)Nc1ccc(O)cc1. The third-order valence-electron chi connectivity index (χ3n) is 4.22. The molecule has 154 valence electrons. The van der Waals surface area contributed by atoms with Crippen molar-refractivity contribution in [2.75, 3.05) is 5.32 Å². The van der Waals surface area contributed by atoms with Gasteiger partial charge >= 0.3 is 0 Å². The normalized spacial score (nSPS) is 10.7. The van der Waals surface area contributed by atoms with Crippen LogP contribution in [-0.2, 0) is 11.4 Å². The minimum atomic E-state index is -0.610. The van der Waals surface area contributed by atoms with Crippen LogP contribution in [0.15, 0.2) is 78.4 Å². The van der Waals surface area contributed by atoms with Crippen molar-refractivity contribution in [3.8, 4) is 17.6 Å². The van der Waals surface area contributed by atoms with Crippen LogP contribution in [0.3, 0.4) is 0 Å². The second-order valence-electron chi connectivity index (χ2n) is 6.42. The Morgan fingerprint density at radius 2 is 1.87 bits per heavy atom. The van der Waals surface area contributed by atoms with Crippen molar-refractivity contribution in [3.63, 3.8) is 0 Å². The van der Waals surface area contributed by atoms with E-state index in [2.05, 4.69) is 5.32 Å². The van der Waals surface area contributed by atoms with Crippen LogP contribution in [0.25, 0.3) is 6.08 Å². The third-order valence-corrected chi connectivity index (χ3v) is 4.22. The number of anilines is 1. The van der Waals surface area contributed by atoms with Gasteiger partial charge in [-0.25, -0.2) is 0 Å². The zero-order chi connectivity index (χ0) is 22.2. The van der Waals surface area contributed by atoms with Crippen LogP contribution in [0.5, 0.6) is 11.5 Å². The van der Waals surface area contributed by atoms with Crippen molar-refractivity contribution in [1.82, 2.24) is 0 Å². The van der Waals surface area contributed by atoms with Crippen molar-refractivity contribution >= 4 is 23.4 Å². The molecule has 0 bridgehead atoms. The zero-order valence-corrected chi connectivity index (χ0v) is 16.2. The second kappa shape index (κ2) is 9.71. The van der Waals surface area contributed by atoms with Crippen LogP contribution < -0.4 is 10.1 Å². The van der Waals surface area contributed by atoms with Gasteiger partial charge in [0.05, 0.1) is 4.92 Å². The highest BCUT2D eigenvalue weighted by atomic mass is 16.6. The average molecular weight is 415 g/mol. The molecule has 0 unspecified atom stereocenters. The third kappa shape index (κ3) is 5.68. The zero-order valence-electron chi connectivity index (χ0n) is 16.2. The first-order valence-electron chi connectivity index (χ1n) is 9.13. The molecule has 0 aliphatic carbocycles. The number of carbonyl (C=O) groups excluding carboxylic acids is 1. The maximum Gasteiger partial charge on any atom is 0.269 e. The Balaban J connectivity index is 1.77. The molecule has 8 heteroatoms. The Labute approximate surface area is 177 Å². The Morgan fingerprint density at radius 3 is 2.58 bits per heavy atom. The minimum Gasteiger partial charge on any atom is -0.508 e. The van der Waals surface area contributed by atoms with Crippen LogP contribution in [-0.4, -0.2) is 15.9 Å².